The molecule has 0 saturated carbocycles. The highest BCUT2D eigenvalue weighted by atomic mass is 15.2. The molecule has 0 amide bonds. The fourth-order valence-electron chi connectivity index (χ4n) is 3.65. The van der Waals surface area contributed by atoms with Crippen molar-refractivity contribution >= 4 is 0 Å². The Morgan fingerprint density at radius 1 is 1.05 bits per heavy atom. The first-order valence-electron chi connectivity index (χ1n) is 8.04. The molecule has 1 N–H and O–H groups in total. The molecule has 1 aromatic carbocycles. The zero-order chi connectivity index (χ0) is 13.8. The fraction of sp³-hybridized carbons (Fsp3) is 0.647. The summed E-state index contributed by atoms with van der Waals surface area (Å²) in [6.45, 7) is 5.98. The topological polar surface area (TPSA) is 18.5 Å². The van der Waals surface area contributed by atoms with Crippen molar-refractivity contribution in [3.05, 3.63) is 35.9 Å². The van der Waals surface area contributed by atoms with E-state index in [2.05, 4.69) is 52.5 Å². The molecule has 2 heterocycles. The van der Waals surface area contributed by atoms with Crippen LogP contribution in [-0.4, -0.2) is 55.6 Å². The van der Waals surface area contributed by atoms with E-state index in [0.717, 1.165) is 19.1 Å². The van der Waals surface area contributed by atoms with E-state index in [1.54, 1.807) is 0 Å². The van der Waals surface area contributed by atoms with Crippen molar-refractivity contribution in [2.45, 2.75) is 31.3 Å². The number of hydrogen-bond donors (Lipinski definition) is 1. The molecule has 0 spiro atoms. The molecule has 0 aliphatic carbocycles. The molecular formula is C17H27N3. The minimum Gasteiger partial charge on any atom is -0.315 e. The summed E-state index contributed by atoms with van der Waals surface area (Å²) in [4.78, 5) is 5.24. The first-order chi connectivity index (χ1) is 9.84. The van der Waals surface area contributed by atoms with Gasteiger partial charge >= 0.3 is 0 Å². The fourth-order valence-corrected chi connectivity index (χ4v) is 3.65. The van der Waals surface area contributed by atoms with Gasteiger partial charge in [-0.25, -0.2) is 0 Å². The van der Waals surface area contributed by atoms with Crippen LogP contribution in [0.1, 0.15) is 30.9 Å². The third-order valence-corrected chi connectivity index (χ3v) is 4.85. The van der Waals surface area contributed by atoms with Gasteiger partial charge in [0.15, 0.2) is 0 Å². The number of nitrogens with zero attached hydrogens (tertiary/aromatic N) is 2. The Morgan fingerprint density at radius 2 is 1.80 bits per heavy atom. The van der Waals surface area contributed by atoms with Gasteiger partial charge in [0.25, 0.3) is 0 Å². The monoisotopic (exact) mass is 273 g/mol. The molecular weight excluding hydrogens is 246 g/mol. The molecule has 2 saturated heterocycles. The third kappa shape index (κ3) is 3.22. The van der Waals surface area contributed by atoms with Crippen LogP contribution in [0.15, 0.2) is 30.3 Å². The summed E-state index contributed by atoms with van der Waals surface area (Å²) < 4.78 is 0. The standard InChI is InChI=1S/C17H27N3/c1-19-12-8-16(9-13-19)20-11-5-10-18-14-17(20)15-6-3-2-4-7-15/h2-4,6-7,16-18H,5,8-14H2,1H3. The Labute approximate surface area is 123 Å². The number of piperidine rings is 1. The van der Waals surface area contributed by atoms with Crippen LogP contribution < -0.4 is 5.32 Å². The van der Waals surface area contributed by atoms with Crippen LogP contribution in [0.3, 0.4) is 0 Å². The van der Waals surface area contributed by atoms with E-state index in [9.17, 15) is 0 Å². The lowest BCUT2D eigenvalue weighted by molar-refractivity contribution is 0.0876. The Bertz CT molecular complexity index is 398. The second-order valence-corrected chi connectivity index (χ2v) is 6.26. The third-order valence-electron chi connectivity index (χ3n) is 4.85. The molecule has 3 nitrogen and oxygen atoms in total. The molecule has 1 unspecified atom stereocenters. The molecule has 3 heteroatoms. The van der Waals surface area contributed by atoms with Crippen LogP contribution in [0, 0.1) is 0 Å². The molecule has 110 valence electrons. The number of hydrogen-bond acceptors (Lipinski definition) is 3. The molecule has 0 bridgehead atoms. The molecule has 0 aromatic heterocycles. The van der Waals surface area contributed by atoms with Crippen molar-refractivity contribution in [3.8, 4) is 0 Å². The Balaban J connectivity index is 1.77. The van der Waals surface area contributed by atoms with Gasteiger partial charge in [0.2, 0.25) is 0 Å². The molecule has 3 rings (SSSR count). The van der Waals surface area contributed by atoms with E-state index in [0.29, 0.717) is 6.04 Å². The van der Waals surface area contributed by atoms with Crippen LogP contribution >= 0.6 is 0 Å². The van der Waals surface area contributed by atoms with Gasteiger partial charge in [0.1, 0.15) is 0 Å². The first-order valence-corrected chi connectivity index (χ1v) is 8.04. The lowest BCUT2D eigenvalue weighted by Crippen LogP contribution is -2.46. The highest BCUT2D eigenvalue weighted by molar-refractivity contribution is 5.20. The average molecular weight is 273 g/mol. The number of nitrogens with one attached hydrogen (secondary N) is 1. The van der Waals surface area contributed by atoms with E-state index in [-0.39, 0.29) is 0 Å². The summed E-state index contributed by atoms with van der Waals surface area (Å²) in [6, 6.07) is 12.4. The van der Waals surface area contributed by atoms with Crippen molar-refractivity contribution in [2.75, 3.05) is 39.8 Å². The normalized spacial score (nSPS) is 27.4. The Morgan fingerprint density at radius 3 is 2.55 bits per heavy atom. The predicted octanol–water partition coefficient (Wildman–Crippen LogP) is 2.12. The summed E-state index contributed by atoms with van der Waals surface area (Å²) in [5, 5.41) is 3.62. The minimum absolute atomic E-state index is 0.548. The van der Waals surface area contributed by atoms with Gasteiger partial charge in [-0.05, 0) is 51.5 Å². The van der Waals surface area contributed by atoms with Gasteiger partial charge in [-0.1, -0.05) is 30.3 Å². The second kappa shape index (κ2) is 6.70. The first kappa shape index (κ1) is 14.1. The van der Waals surface area contributed by atoms with Crippen LogP contribution in [0.4, 0.5) is 0 Å². The highest BCUT2D eigenvalue weighted by Gasteiger charge is 2.30. The summed E-state index contributed by atoms with van der Waals surface area (Å²) in [6.07, 6.45) is 3.91. The molecule has 2 aliphatic heterocycles. The smallest absolute Gasteiger partial charge is 0.0475 e. The number of benzene rings is 1. The lowest BCUT2D eigenvalue weighted by Gasteiger charge is -2.41. The van der Waals surface area contributed by atoms with E-state index >= 15 is 0 Å². The van der Waals surface area contributed by atoms with Crippen LogP contribution in [0.5, 0.6) is 0 Å². The maximum absolute atomic E-state index is 3.62. The van der Waals surface area contributed by atoms with Crippen molar-refractivity contribution in [1.82, 2.24) is 15.1 Å². The van der Waals surface area contributed by atoms with E-state index in [1.807, 2.05) is 0 Å². The largest absolute Gasteiger partial charge is 0.315 e. The van der Waals surface area contributed by atoms with Gasteiger partial charge in [-0.3, -0.25) is 4.90 Å². The SMILES string of the molecule is CN1CCC(N2CCCNCC2c2ccccc2)CC1. The maximum atomic E-state index is 3.62. The quantitative estimate of drug-likeness (QED) is 0.890. The molecule has 0 radical (unpaired) electrons. The summed E-state index contributed by atoms with van der Waals surface area (Å²) in [5.74, 6) is 0. The number of likely N-dealkylation sites (tertiary alicyclic amines) is 1. The zero-order valence-corrected chi connectivity index (χ0v) is 12.6. The van der Waals surface area contributed by atoms with Gasteiger partial charge in [0.05, 0.1) is 0 Å². The Kier molecular flexibility index (Phi) is 4.71. The second-order valence-electron chi connectivity index (χ2n) is 6.26. The zero-order valence-electron chi connectivity index (χ0n) is 12.6. The van der Waals surface area contributed by atoms with Crippen molar-refractivity contribution in [2.24, 2.45) is 0 Å². The Hall–Kier alpha value is -0.900. The van der Waals surface area contributed by atoms with Crippen LogP contribution in [-0.2, 0) is 0 Å². The maximum Gasteiger partial charge on any atom is 0.0475 e. The molecule has 1 atom stereocenters. The average Bonchev–Trinajstić information content (AvgIpc) is 2.75. The van der Waals surface area contributed by atoms with Crippen molar-refractivity contribution < 1.29 is 0 Å². The lowest BCUT2D eigenvalue weighted by atomic mass is 9.98. The van der Waals surface area contributed by atoms with Crippen molar-refractivity contribution in [3.63, 3.8) is 0 Å². The van der Waals surface area contributed by atoms with E-state index in [1.165, 1.54) is 44.5 Å². The van der Waals surface area contributed by atoms with Crippen LogP contribution in [0.2, 0.25) is 0 Å². The summed E-state index contributed by atoms with van der Waals surface area (Å²) >= 11 is 0. The van der Waals surface area contributed by atoms with Gasteiger partial charge in [0, 0.05) is 25.2 Å². The summed E-state index contributed by atoms with van der Waals surface area (Å²) in [5.41, 5.74) is 1.47. The van der Waals surface area contributed by atoms with Crippen molar-refractivity contribution in [1.29, 1.82) is 0 Å². The van der Waals surface area contributed by atoms with Gasteiger partial charge in [-0.2, -0.15) is 0 Å². The molecule has 20 heavy (non-hydrogen) atoms. The predicted molar refractivity (Wildman–Crippen MR) is 83.9 cm³/mol. The van der Waals surface area contributed by atoms with E-state index < -0.39 is 0 Å². The molecule has 2 aliphatic rings. The highest BCUT2D eigenvalue weighted by Crippen LogP contribution is 2.28. The molecule has 1 aromatic rings. The summed E-state index contributed by atoms with van der Waals surface area (Å²) in [7, 11) is 2.24. The van der Waals surface area contributed by atoms with Crippen LogP contribution in [0.25, 0.3) is 0 Å². The van der Waals surface area contributed by atoms with E-state index in [4.69, 9.17) is 0 Å². The number of rotatable bonds is 2. The molecule has 2 fully saturated rings. The van der Waals surface area contributed by atoms with Gasteiger partial charge < -0.3 is 10.2 Å². The minimum atomic E-state index is 0.548. The van der Waals surface area contributed by atoms with Gasteiger partial charge in [-0.15, -0.1) is 0 Å².